The van der Waals surface area contributed by atoms with Gasteiger partial charge in [0.1, 0.15) is 5.76 Å². The zero-order chi connectivity index (χ0) is 13.0. The highest BCUT2D eigenvalue weighted by atomic mass is 16.5. The van der Waals surface area contributed by atoms with E-state index in [1.807, 2.05) is 24.8 Å². The van der Waals surface area contributed by atoms with Crippen molar-refractivity contribution in [2.45, 2.75) is 33.2 Å². The molecule has 0 aromatic carbocycles. The van der Waals surface area contributed by atoms with Crippen molar-refractivity contribution in [2.75, 3.05) is 26.2 Å². The fraction of sp³-hybridized carbons (Fsp3) is 0.692. The molecule has 1 aromatic rings. The smallest absolute Gasteiger partial charge is 0.222 e. The molecular weight excluding hydrogens is 230 g/mol. The highest BCUT2D eigenvalue weighted by Crippen LogP contribution is 2.10. The molecule has 1 amide bonds. The van der Waals surface area contributed by atoms with E-state index in [0.717, 1.165) is 50.6 Å². The van der Waals surface area contributed by atoms with Crippen molar-refractivity contribution in [3.8, 4) is 0 Å². The average molecular weight is 251 g/mol. The third-order valence-electron chi connectivity index (χ3n) is 3.31. The normalized spacial score (nSPS) is 17.8. The zero-order valence-electron chi connectivity index (χ0n) is 11.2. The predicted molar refractivity (Wildman–Crippen MR) is 68.0 cm³/mol. The molecular formula is C13H21N3O2. The molecule has 100 valence electrons. The van der Waals surface area contributed by atoms with Gasteiger partial charge in [0.15, 0.2) is 0 Å². The van der Waals surface area contributed by atoms with Gasteiger partial charge >= 0.3 is 0 Å². The van der Waals surface area contributed by atoms with Crippen LogP contribution in [0.15, 0.2) is 10.6 Å². The van der Waals surface area contributed by atoms with Crippen LogP contribution in [0.4, 0.5) is 0 Å². The summed E-state index contributed by atoms with van der Waals surface area (Å²) in [6.07, 6.45) is 1.63. The molecule has 0 saturated carbocycles. The lowest BCUT2D eigenvalue weighted by atomic mass is 10.3. The summed E-state index contributed by atoms with van der Waals surface area (Å²) in [5.74, 6) is 1.11. The van der Waals surface area contributed by atoms with Crippen LogP contribution in [0.3, 0.4) is 0 Å². The Morgan fingerprint density at radius 3 is 2.89 bits per heavy atom. The molecule has 1 fully saturated rings. The van der Waals surface area contributed by atoms with Gasteiger partial charge in [0, 0.05) is 45.2 Å². The Labute approximate surface area is 108 Å². The first kappa shape index (κ1) is 13.1. The second kappa shape index (κ2) is 6.00. The SMILES string of the molecule is CCC(=O)N1CCCN(Cc2cc(C)on2)CC1. The first-order chi connectivity index (χ1) is 8.69. The van der Waals surface area contributed by atoms with E-state index in [0.29, 0.717) is 6.42 Å². The van der Waals surface area contributed by atoms with Crippen molar-refractivity contribution >= 4 is 5.91 Å². The number of hydrogen-bond acceptors (Lipinski definition) is 4. The van der Waals surface area contributed by atoms with E-state index < -0.39 is 0 Å². The summed E-state index contributed by atoms with van der Waals surface area (Å²) in [6, 6.07) is 1.97. The van der Waals surface area contributed by atoms with Crippen LogP contribution in [-0.4, -0.2) is 47.0 Å². The maximum Gasteiger partial charge on any atom is 0.222 e. The number of aromatic nitrogens is 1. The molecule has 2 heterocycles. The van der Waals surface area contributed by atoms with Gasteiger partial charge in [-0.05, 0) is 13.3 Å². The van der Waals surface area contributed by atoms with Crippen LogP contribution in [0.5, 0.6) is 0 Å². The first-order valence-electron chi connectivity index (χ1n) is 6.61. The van der Waals surface area contributed by atoms with Crippen molar-refractivity contribution in [1.29, 1.82) is 0 Å². The quantitative estimate of drug-likeness (QED) is 0.815. The lowest BCUT2D eigenvalue weighted by Gasteiger charge is -2.20. The summed E-state index contributed by atoms with van der Waals surface area (Å²) >= 11 is 0. The molecule has 0 aliphatic carbocycles. The van der Waals surface area contributed by atoms with Gasteiger partial charge in [-0.1, -0.05) is 12.1 Å². The van der Waals surface area contributed by atoms with Gasteiger partial charge in [-0.15, -0.1) is 0 Å². The number of rotatable bonds is 3. The van der Waals surface area contributed by atoms with E-state index in [2.05, 4.69) is 10.1 Å². The minimum Gasteiger partial charge on any atom is -0.361 e. The Morgan fingerprint density at radius 1 is 1.39 bits per heavy atom. The van der Waals surface area contributed by atoms with Crippen LogP contribution in [-0.2, 0) is 11.3 Å². The largest absolute Gasteiger partial charge is 0.361 e. The number of carbonyl (C=O) groups excluding carboxylic acids is 1. The highest BCUT2D eigenvalue weighted by Gasteiger charge is 2.18. The average Bonchev–Trinajstić information content (AvgIpc) is 2.64. The Hall–Kier alpha value is -1.36. The minimum absolute atomic E-state index is 0.258. The number of carbonyl (C=O) groups is 1. The molecule has 5 heteroatoms. The Balaban J connectivity index is 1.87. The fourth-order valence-electron chi connectivity index (χ4n) is 2.32. The molecule has 0 atom stereocenters. The first-order valence-corrected chi connectivity index (χ1v) is 6.61. The molecule has 1 saturated heterocycles. The zero-order valence-corrected chi connectivity index (χ0v) is 11.2. The van der Waals surface area contributed by atoms with Crippen molar-refractivity contribution in [2.24, 2.45) is 0 Å². The third-order valence-corrected chi connectivity index (χ3v) is 3.31. The summed E-state index contributed by atoms with van der Waals surface area (Å²) < 4.78 is 5.07. The molecule has 0 radical (unpaired) electrons. The van der Waals surface area contributed by atoms with Crippen molar-refractivity contribution < 1.29 is 9.32 Å². The summed E-state index contributed by atoms with van der Waals surface area (Å²) in [5.41, 5.74) is 0.975. The van der Waals surface area contributed by atoms with Gasteiger partial charge in [0.25, 0.3) is 0 Å². The summed E-state index contributed by atoms with van der Waals surface area (Å²) in [4.78, 5) is 16.0. The van der Waals surface area contributed by atoms with Crippen LogP contribution in [0, 0.1) is 6.92 Å². The maximum absolute atomic E-state index is 11.7. The molecule has 0 spiro atoms. The summed E-state index contributed by atoms with van der Waals surface area (Å²) in [6.45, 7) is 8.26. The van der Waals surface area contributed by atoms with Crippen molar-refractivity contribution in [3.63, 3.8) is 0 Å². The van der Waals surface area contributed by atoms with Crippen LogP contribution < -0.4 is 0 Å². The molecule has 5 nitrogen and oxygen atoms in total. The van der Waals surface area contributed by atoms with Crippen molar-refractivity contribution in [3.05, 3.63) is 17.5 Å². The minimum atomic E-state index is 0.258. The van der Waals surface area contributed by atoms with Crippen molar-refractivity contribution in [1.82, 2.24) is 15.0 Å². The van der Waals surface area contributed by atoms with Gasteiger partial charge in [-0.3, -0.25) is 9.69 Å². The van der Waals surface area contributed by atoms with E-state index in [1.54, 1.807) is 0 Å². The van der Waals surface area contributed by atoms with Crippen LogP contribution >= 0.6 is 0 Å². The van der Waals surface area contributed by atoms with E-state index >= 15 is 0 Å². The Kier molecular flexibility index (Phi) is 4.36. The maximum atomic E-state index is 11.7. The van der Waals surface area contributed by atoms with Gasteiger partial charge in [0.05, 0.1) is 5.69 Å². The van der Waals surface area contributed by atoms with Gasteiger partial charge in [-0.25, -0.2) is 0 Å². The molecule has 0 unspecified atom stereocenters. The van der Waals surface area contributed by atoms with Crippen LogP contribution in [0.1, 0.15) is 31.2 Å². The predicted octanol–water partition coefficient (Wildman–Crippen LogP) is 1.43. The molecule has 2 rings (SSSR count). The number of amides is 1. The highest BCUT2D eigenvalue weighted by molar-refractivity contribution is 5.75. The van der Waals surface area contributed by atoms with Gasteiger partial charge in [-0.2, -0.15) is 0 Å². The molecule has 1 aromatic heterocycles. The lowest BCUT2D eigenvalue weighted by molar-refractivity contribution is -0.130. The molecule has 18 heavy (non-hydrogen) atoms. The molecule has 0 N–H and O–H groups in total. The van der Waals surface area contributed by atoms with Gasteiger partial charge in [0.2, 0.25) is 5.91 Å². The molecule has 0 bridgehead atoms. The van der Waals surface area contributed by atoms with Gasteiger partial charge < -0.3 is 9.42 Å². The second-order valence-corrected chi connectivity index (χ2v) is 4.79. The number of aryl methyl sites for hydroxylation is 1. The van der Waals surface area contributed by atoms with Crippen LogP contribution in [0.25, 0.3) is 0 Å². The van der Waals surface area contributed by atoms with E-state index in [-0.39, 0.29) is 5.91 Å². The summed E-state index contributed by atoms with van der Waals surface area (Å²) in [7, 11) is 0. The van der Waals surface area contributed by atoms with E-state index in [9.17, 15) is 4.79 Å². The number of nitrogens with zero attached hydrogens (tertiary/aromatic N) is 3. The second-order valence-electron chi connectivity index (χ2n) is 4.79. The topological polar surface area (TPSA) is 49.6 Å². The lowest BCUT2D eigenvalue weighted by Crippen LogP contribution is -2.34. The fourth-order valence-corrected chi connectivity index (χ4v) is 2.32. The number of hydrogen-bond donors (Lipinski definition) is 0. The third kappa shape index (κ3) is 3.32. The Bertz CT molecular complexity index is 403. The Morgan fingerprint density at radius 2 is 2.22 bits per heavy atom. The molecule has 1 aliphatic heterocycles. The monoisotopic (exact) mass is 251 g/mol. The standard InChI is InChI=1S/C13H21N3O2/c1-3-13(17)16-6-4-5-15(7-8-16)10-12-9-11(2)18-14-12/h9H,3-8,10H2,1-2H3. The van der Waals surface area contributed by atoms with E-state index in [4.69, 9.17) is 4.52 Å². The molecule has 1 aliphatic rings. The summed E-state index contributed by atoms with van der Waals surface area (Å²) in [5, 5.41) is 4.01. The van der Waals surface area contributed by atoms with Crippen LogP contribution in [0.2, 0.25) is 0 Å². The van der Waals surface area contributed by atoms with E-state index in [1.165, 1.54) is 0 Å².